The highest BCUT2D eigenvalue weighted by Gasteiger charge is 2.19. The maximum atomic E-state index is 13.5. The summed E-state index contributed by atoms with van der Waals surface area (Å²) in [5.74, 6) is -0.256. The van der Waals surface area contributed by atoms with Crippen molar-refractivity contribution in [3.05, 3.63) is 101 Å². The first kappa shape index (κ1) is 21.5. The van der Waals surface area contributed by atoms with Gasteiger partial charge in [0.2, 0.25) is 5.82 Å². The number of benzene rings is 3. The van der Waals surface area contributed by atoms with E-state index in [9.17, 15) is 14.7 Å². The summed E-state index contributed by atoms with van der Waals surface area (Å²) in [6.45, 7) is 1.62. The highest BCUT2D eigenvalue weighted by molar-refractivity contribution is 6.00. The molecule has 0 aliphatic rings. The molecular formula is C28H20N4O4. The van der Waals surface area contributed by atoms with E-state index < -0.39 is 12.0 Å². The highest BCUT2D eigenvalue weighted by atomic mass is 16.4. The quantitative estimate of drug-likeness (QED) is 0.341. The molecule has 0 radical (unpaired) electrons. The van der Waals surface area contributed by atoms with Crippen molar-refractivity contribution >= 4 is 45.0 Å². The first-order valence-electron chi connectivity index (χ1n) is 11.4. The van der Waals surface area contributed by atoms with Gasteiger partial charge in [0.1, 0.15) is 11.6 Å². The molecule has 0 saturated heterocycles. The van der Waals surface area contributed by atoms with Crippen molar-refractivity contribution in [1.82, 2.24) is 14.2 Å². The van der Waals surface area contributed by atoms with Crippen LogP contribution in [-0.2, 0) is 4.79 Å². The molecule has 1 N–H and O–H groups in total. The fourth-order valence-electron chi connectivity index (χ4n) is 4.38. The molecule has 36 heavy (non-hydrogen) atoms. The van der Waals surface area contributed by atoms with Gasteiger partial charge in [0.15, 0.2) is 5.76 Å². The van der Waals surface area contributed by atoms with Gasteiger partial charge in [-0.15, -0.1) is 0 Å². The molecule has 6 rings (SSSR count). The van der Waals surface area contributed by atoms with Gasteiger partial charge in [-0.1, -0.05) is 48.5 Å². The highest BCUT2D eigenvalue weighted by Crippen LogP contribution is 2.28. The molecule has 0 amide bonds. The van der Waals surface area contributed by atoms with E-state index in [4.69, 9.17) is 9.40 Å². The minimum absolute atomic E-state index is 0.272. The number of aliphatic carboxylic acids is 1. The Morgan fingerprint density at radius 2 is 1.75 bits per heavy atom. The third-order valence-electron chi connectivity index (χ3n) is 6.26. The largest absolute Gasteiger partial charge is 0.480 e. The predicted octanol–water partition coefficient (Wildman–Crippen LogP) is 5.29. The second kappa shape index (κ2) is 8.35. The average molecular weight is 476 g/mol. The molecule has 3 aromatic carbocycles. The van der Waals surface area contributed by atoms with E-state index in [1.807, 2.05) is 60.7 Å². The zero-order valence-electron chi connectivity index (χ0n) is 19.2. The van der Waals surface area contributed by atoms with E-state index in [2.05, 4.69) is 5.10 Å². The molecule has 3 heterocycles. The van der Waals surface area contributed by atoms with Crippen LogP contribution in [0.5, 0.6) is 0 Å². The number of carboxylic acid groups (broad SMARTS) is 1. The monoisotopic (exact) mass is 476 g/mol. The number of carboxylic acids is 1. The number of aromatic nitrogens is 3. The molecule has 0 aliphatic heterocycles. The molecular weight excluding hydrogens is 456 g/mol. The Kier molecular flexibility index (Phi) is 5.00. The lowest BCUT2D eigenvalue weighted by Crippen LogP contribution is -2.20. The van der Waals surface area contributed by atoms with Crippen LogP contribution in [0.2, 0.25) is 0 Å². The molecule has 6 aromatic rings. The summed E-state index contributed by atoms with van der Waals surface area (Å²) in [5.41, 5.74) is 2.31. The summed E-state index contributed by atoms with van der Waals surface area (Å²) in [5, 5.41) is 16.2. The van der Waals surface area contributed by atoms with Gasteiger partial charge in [0, 0.05) is 28.0 Å². The second-order valence-electron chi connectivity index (χ2n) is 8.49. The summed E-state index contributed by atoms with van der Waals surface area (Å²) in [6.07, 6.45) is 3.28. The first-order chi connectivity index (χ1) is 17.5. The zero-order valence-corrected chi connectivity index (χ0v) is 19.2. The number of hydrogen-bond acceptors (Lipinski definition) is 5. The maximum Gasteiger partial charge on any atom is 0.326 e. The predicted molar refractivity (Wildman–Crippen MR) is 138 cm³/mol. The van der Waals surface area contributed by atoms with E-state index in [-0.39, 0.29) is 11.4 Å². The average Bonchev–Trinajstić information content (AvgIpc) is 3.49. The molecule has 8 nitrogen and oxygen atoms in total. The molecule has 8 heteroatoms. The minimum Gasteiger partial charge on any atom is -0.480 e. The Morgan fingerprint density at radius 1 is 1.03 bits per heavy atom. The Hall–Kier alpha value is -4.98. The van der Waals surface area contributed by atoms with Crippen LogP contribution in [0.3, 0.4) is 0 Å². The van der Waals surface area contributed by atoms with Crippen molar-refractivity contribution in [3.8, 4) is 11.6 Å². The summed E-state index contributed by atoms with van der Waals surface area (Å²) < 4.78 is 8.93. The smallest absolute Gasteiger partial charge is 0.326 e. The molecule has 0 fully saturated rings. The summed E-state index contributed by atoms with van der Waals surface area (Å²) in [6, 6.07) is 23.2. The molecule has 0 bridgehead atoms. The second-order valence-corrected chi connectivity index (χ2v) is 8.49. The van der Waals surface area contributed by atoms with E-state index in [1.165, 1.54) is 4.68 Å². The van der Waals surface area contributed by atoms with Gasteiger partial charge in [0.05, 0.1) is 17.1 Å². The summed E-state index contributed by atoms with van der Waals surface area (Å²) in [4.78, 5) is 29.9. The van der Waals surface area contributed by atoms with Crippen LogP contribution in [0.1, 0.15) is 18.5 Å². The van der Waals surface area contributed by atoms with Crippen molar-refractivity contribution in [1.29, 1.82) is 0 Å². The number of para-hydroxylation sites is 3. The molecule has 1 atom stereocenters. The Balaban J connectivity index is 1.56. The van der Waals surface area contributed by atoms with E-state index in [0.29, 0.717) is 27.8 Å². The third kappa shape index (κ3) is 3.47. The van der Waals surface area contributed by atoms with Crippen LogP contribution in [-0.4, -0.2) is 31.5 Å². The molecule has 0 spiro atoms. The fourth-order valence-corrected chi connectivity index (χ4v) is 4.38. The SMILES string of the molecule is C[C@H](C(=O)O)n1cc(C=Nn2c(-c3cc4ccccc4o3)nc3ccccc3c2=O)c2ccccc21. The van der Waals surface area contributed by atoms with Crippen LogP contribution >= 0.6 is 0 Å². The molecule has 3 aromatic heterocycles. The molecule has 0 saturated carbocycles. The third-order valence-corrected chi connectivity index (χ3v) is 6.26. The fraction of sp³-hybridized carbons (Fsp3) is 0.0714. The summed E-state index contributed by atoms with van der Waals surface area (Å²) in [7, 11) is 0. The van der Waals surface area contributed by atoms with Crippen molar-refractivity contribution in [2.24, 2.45) is 5.10 Å². The molecule has 0 unspecified atom stereocenters. The van der Waals surface area contributed by atoms with Gasteiger partial charge in [-0.05, 0) is 37.3 Å². The van der Waals surface area contributed by atoms with Crippen LogP contribution in [0.15, 0.2) is 99.4 Å². The summed E-state index contributed by atoms with van der Waals surface area (Å²) >= 11 is 0. The van der Waals surface area contributed by atoms with Crippen LogP contribution < -0.4 is 5.56 Å². The Bertz CT molecular complexity index is 1840. The first-order valence-corrected chi connectivity index (χ1v) is 11.4. The number of rotatable bonds is 5. The van der Waals surface area contributed by atoms with Crippen LogP contribution in [0.25, 0.3) is 44.4 Å². The zero-order chi connectivity index (χ0) is 24.8. The lowest BCUT2D eigenvalue weighted by Gasteiger charge is -2.09. The minimum atomic E-state index is -0.943. The maximum absolute atomic E-state index is 13.5. The van der Waals surface area contributed by atoms with Gasteiger partial charge >= 0.3 is 5.97 Å². The Morgan fingerprint density at radius 3 is 2.56 bits per heavy atom. The van der Waals surface area contributed by atoms with Gasteiger partial charge in [-0.3, -0.25) is 4.79 Å². The topological polar surface area (TPSA) is 103 Å². The van der Waals surface area contributed by atoms with E-state index in [0.717, 1.165) is 16.3 Å². The number of nitrogens with zero attached hydrogens (tertiary/aromatic N) is 4. The molecule has 0 aliphatic carbocycles. The normalized spacial score (nSPS) is 12.7. The number of furan rings is 1. The van der Waals surface area contributed by atoms with Crippen LogP contribution in [0, 0.1) is 0 Å². The molecule has 176 valence electrons. The van der Waals surface area contributed by atoms with Crippen molar-refractivity contribution in [2.75, 3.05) is 0 Å². The van der Waals surface area contributed by atoms with Gasteiger partial charge in [-0.25, -0.2) is 9.78 Å². The standard InChI is InChI=1S/C28H20N4O4/c1-17(28(34)35)31-16-19(20-9-4-6-12-23(20)31)15-29-32-26(25-14-18-8-2-7-13-24(18)36-25)30-22-11-5-3-10-21(22)27(32)33/h2-17H,1H3,(H,34,35)/t17-/m1/s1. The van der Waals surface area contributed by atoms with Gasteiger partial charge in [-0.2, -0.15) is 9.78 Å². The van der Waals surface area contributed by atoms with E-state index in [1.54, 1.807) is 42.1 Å². The van der Waals surface area contributed by atoms with Gasteiger partial charge < -0.3 is 14.1 Å². The number of fused-ring (bicyclic) bond motifs is 3. The lowest BCUT2D eigenvalue weighted by molar-refractivity contribution is -0.140. The number of carbonyl (C=O) groups is 1. The van der Waals surface area contributed by atoms with Crippen molar-refractivity contribution in [3.63, 3.8) is 0 Å². The van der Waals surface area contributed by atoms with Crippen molar-refractivity contribution < 1.29 is 14.3 Å². The number of hydrogen-bond donors (Lipinski definition) is 1. The Labute approximate surface area is 204 Å². The lowest BCUT2D eigenvalue weighted by atomic mass is 10.2. The van der Waals surface area contributed by atoms with E-state index >= 15 is 0 Å². The van der Waals surface area contributed by atoms with Gasteiger partial charge in [0.25, 0.3) is 5.56 Å². The van der Waals surface area contributed by atoms with Crippen molar-refractivity contribution in [2.45, 2.75) is 13.0 Å². The van der Waals surface area contributed by atoms with Crippen LogP contribution in [0.4, 0.5) is 0 Å².